The number of para-hydroxylation sites is 1. The van der Waals surface area contributed by atoms with Crippen LogP contribution in [0.3, 0.4) is 0 Å². The van der Waals surface area contributed by atoms with Gasteiger partial charge in [0.25, 0.3) is 0 Å². The summed E-state index contributed by atoms with van der Waals surface area (Å²) in [4.78, 5) is 0. The summed E-state index contributed by atoms with van der Waals surface area (Å²) in [5, 5.41) is 8.36. The van der Waals surface area contributed by atoms with Crippen LogP contribution >= 0.6 is 11.8 Å². The Morgan fingerprint density at radius 3 is 2.74 bits per heavy atom. The molecule has 1 heterocycles. The molecule has 3 nitrogen and oxygen atoms in total. The Morgan fingerprint density at radius 2 is 2.05 bits per heavy atom. The third-order valence-corrected chi connectivity index (χ3v) is 3.36. The van der Waals surface area contributed by atoms with Gasteiger partial charge in [-0.05, 0) is 24.9 Å². The summed E-state index contributed by atoms with van der Waals surface area (Å²) < 4.78 is 38.0. The van der Waals surface area contributed by atoms with Crippen LogP contribution in [0.2, 0.25) is 0 Å². The SMILES string of the molecule is CNCc1nn(CCSC(F)(F)F)c2ccccc12. The van der Waals surface area contributed by atoms with E-state index in [0.717, 1.165) is 16.6 Å². The maximum Gasteiger partial charge on any atom is 0.441 e. The fourth-order valence-corrected chi connectivity index (χ4v) is 2.41. The molecule has 0 saturated heterocycles. The van der Waals surface area contributed by atoms with Crippen molar-refractivity contribution < 1.29 is 13.2 Å². The van der Waals surface area contributed by atoms with E-state index >= 15 is 0 Å². The van der Waals surface area contributed by atoms with E-state index in [2.05, 4.69) is 10.4 Å². The molecule has 0 amide bonds. The maximum atomic E-state index is 12.1. The number of hydrogen-bond donors (Lipinski definition) is 1. The number of thioether (sulfide) groups is 1. The van der Waals surface area contributed by atoms with Crippen molar-refractivity contribution in [2.24, 2.45) is 0 Å². The Morgan fingerprint density at radius 1 is 1.32 bits per heavy atom. The van der Waals surface area contributed by atoms with Crippen LogP contribution in [-0.2, 0) is 13.1 Å². The van der Waals surface area contributed by atoms with Crippen molar-refractivity contribution in [2.45, 2.75) is 18.6 Å². The van der Waals surface area contributed by atoms with E-state index in [0.29, 0.717) is 6.54 Å². The Balaban J connectivity index is 2.18. The van der Waals surface area contributed by atoms with E-state index in [9.17, 15) is 13.2 Å². The van der Waals surface area contributed by atoms with Gasteiger partial charge in [-0.2, -0.15) is 18.3 Å². The number of benzene rings is 1. The molecule has 1 N–H and O–H groups in total. The van der Waals surface area contributed by atoms with Gasteiger partial charge in [0.15, 0.2) is 0 Å². The van der Waals surface area contributed by atoms with E-state index in [1.165, 1.54) is 0 Å². The topological polar surface area (TPSA) is 29.9 Å². The molecule has 1 aromatic carbocycles. The largest absolute Gasteiger partial charge is 0.441 e. The molecule has 19 heavy (non-hydrogen) atoms. The molecule has 2 aromatic rings. The maximum absolute atomic E-state index is 12.1. The van der Waals surface area contributed by atoms with Crippen LogP contribution in [0.15, 0.2) is 24.3 Å². The average molecular weight is 289 g/mol. The van der Waals surface area contributed by atoms with Crippen molar-refractivity contribution >= 4 is 22.7 Å². The normalized spacial score (nSPS) is 12.2. The zero-order chi connectivity index (χ0) is 13.9. The number of fused-ring (bicyclic) bond motifs is 1. The molecular formula is C12H14F3N3S. The molecule has 0 fully saturated rings. The van der Waals surface area contributed by atoms with E-state index in [1.54, 1.807) is 4.68 Å². The number of aromatic nitrogens is 2. The lowest BCUT2D eigenvalue weighted by atomic mass is 10.2. The molecule has 0 aliphatic heterocycles. The molecule has 0 spiro atoms. The number of nitrogens with one attached hydrogen (secondary N) is 1. The molecule has 0 aliphatic carbocycles. The van der Waals surface area contributed by atoms with Gasteiger partial charge in [0, 0.05) is 17.7 Å². The lowest BCUT2D eigenvalue weighted by Gasteiger charge is -2.06. The van der Waals surface area contributed by atoms with Crippen LogP contribution < -0.4 is 5.32 Å². The van der Waals surface area contributed by atoms with Gasteiger partial charge in [0.2, 0.25) is 0 Å². The molecule has 0 aliphatic rings. The summed E-state index contributed by atoms with van der Waals surface area (Å²) in [7, 11) is 1.81. The summed E-state index contributed by atoms with van der Waals surface area (Å²) in [6, 6.07) is 7.57. The number of hydrogen-bond acceptors (Lipinski definition) is 3. The van der Waals surface area contributed by atoms with Gasteiger partial charge in [-0.1, -0.05) is 18.2 Å². The van der Waals surface area contributed by atoms with Gasteiger partial charge in [-0.3, -0.25) is 4.68 Å². The lowest BCUT2D eigenvalue weighted by Crippen LogP contribution is -2.10. The monoisotopic (exact) mass is 289 g/mol. The van der Waals surface area contributed by atoms with Crippen molar-refractivity contribution in [3.05, 3.63) is 30.0 Å². The van der Waals surface area contributed by atoms with E-state index in [1.807, 2.05) is 31.3 Å². The Bertz CT molecular complexity index is 551. The number of aryl methyl sites for hydroxylation is 1. The smallest absolute Gasteiger partial charge is 0.314 e. The summed E-state index contributed by atoms with van der Waals surface area (Å²) in [6.45, 7) is 0.842. The standard InChI is InChI=1S/C12H14F3N3S/c1-16-8-10-9-4-2-3-5-11(9)18(17-10)6-7-19-12(13,14)15/h2-5,16H,6-8H2,1H3. The van der Waals surface area contributed by atoms with Gasteiger partial charge in [0.1, 0.15) is 0 Å². The highest BCUT2D eigenvalue weighted by molar-refractivity contribution is 8.00. The number of rotatable bonds is 5. The van der Waals surface area contributed by atoms with Gasteiger partial charge in [-0.25, -0.2) is 0 Å². The third-order valence-electron chi connectivity index (χ3n) is 2.65. The van der Waals surface area contributed by atoms with Crippen LogP contribution in [0, 0.1) is 0 Å². The predicted molar refractivity (Wildman–Crippen MR) is 71.0 cm³/mol. The minimum atomic E-state index is -4.18. The molecule has 0 saturated carbocycles. The van der Waals surface area contributed by atoms with Crippen LogP contribution in [0.1, 0.15) is 5.69 Å². The van der Waals surface area contributed by atoms with E-state index < -0.39 is 5.51 Å². The molecule has 0 atom stereocenters. The van der Waals surface area contributed by atoms with Crippen molar-refractivity contribution in [1.82, 2.24) is 15.1 Å². The molecule has 0 bridgehead atoms. The third kappa shape index (κ3) is 3.63. The van der Waals surface area contributed by atoms with Crippen LogP contribution in [-0.4, -0.2) is 28.1 Å². The van der Waals surface area contributed by atoms with Crippen molar-refractivity contribution in [1.29, 1.82) is 0 Å². The number of alkyl halides is 3. The minimum Gasteiger partial charge on any atom is -0.314 e. The van der Waals surface area contributed by atoms with Gasteiger partial charge < -0.3 is 5.32 Å². The molecule has 0 radical (unpaired) electrons. The first-order valence-corrected chi connectivity index (χ1v) is 6.79. The Hall–Kier alpha value is -1.21. The fraction of sp³-hybridized carbons (Fsp3) is 0.417. The summed E-state index contributed by atoms with van der Waals surface area (Å²) in [5.41, 5.74) is -2.46. The van der Waals surface area contributed by atoms with Gasteiger partial charge >= 0.3 is 5.51 Å². The minimum absolute atomic E-state index is 0.0169. The molecule has 104 valence electrons. The summed E-state index contributed by atoms with van der Waals surface area (Å²) >= 11 is -0.0169. The highest BCUT2D eigenvalue weighted by Gasteiger charge is 2.27. The first-order chi connectivity index (χ1) is 9.01. The second-order valence-electron chi connectivity index (χ2n) is 4.01. The highest BCUT2D eigenvalue weighted by Crippen LogP contribution is 2.30. The molecule has 2 rings (SSSR count). The quantitative estimate of drug-likeness (QED) is 0.917. The molecular weight excluding hydrogens is 275 g/mol. The fourth-order valence-electron chi connectivity index (χ4n) is 1.91. The average Bonchev–Trinajstić information content (AvgIpc) is 2.68. The van der Waals surface area contributed by atoms with Crippen molar-refractivity contribution in [3.8, 4) is 0 Å². The summed E-state index contributed by atoms with van der Waals surface area (Å²) in [6.07, 6.45) is 0. The van der Waals surface area contributed by atoms with Crippen molar-refractivity contribution in [2.75, 3.05) is 12.8 Å². The first kappa shape index (κ1) is 14.2. The van der Waals surface area contributed by atoms with E-state index in [-0.39, 0.29) is 24.1 Å². The zero-order valence-corrected chi connectivity index (χ0v) is 11.2. The highest BCUT2D eigenvalue weighted by atomic mass is 32.2. The molecule has 0 unspecified atom stereocenters. The van der Waals surface area contributed by atoms with Gasteiger partial charge in [0.05, 0.1) is 17.8 Å². The predicted octanol–water partition coefficient (Wildman–Crippen LogP) is 3.01. The second kappa shape index (κ2) is 5.83. The lowest BCUT2D eigenvalue weighted by molar-refractivity contribution is -0.0328. The molecule has 1 aromatic heterocycles. The summed E-state index contributed by atoms with van der Waals surface area (Å²) in [5.74, 6) is -0.0336. The van der Waals surface area contributed by atoms with Crippen LogP contribution in [0.4, 0.5) is 13.2 Å². The van der Waals surface area contributed by atoms with Crippen molar-refractivity contribution in [3.63, 3.8) is 0 Å². The van der Waals surface area contributed by atoms with Crippen LogP contribution in [0.25, 0.3) is 10.9 Å². The van der Waals surface area contributed by atoms with Gasteiger partial charge in [-0.15, -0.1) is 0 Å². The first-order valence-electron chi connectivity index (χ1n) is 5.81. The Labute approximate surface area is 113 Å². The Kier molecular flexibility index (Phi) is 4.36. The second-order valence-corrected chi connectivity index (χ2v) is 5.17. The number of nitrogens with zero attached hydrogens (tertiary/aromatic N) is 2. The number of halogens is 3. The van der Waals surface area contributed by atoms with E-state index in [4.69, 9.17) is 0 Å². The van der Waals surface area contributed by atoms with Crippen LogP contribution in [0.5, 0.6) is 0 Å². The zero-order valence-electron chi connectivity index (χ0n) is 10.4. The molecule has 7 heteroatoms.